The molecule has 0 fully saturated rings. The van der Waals surface area contributed by atoms with Gasteiger partial charge in [0.25, 0.3) is 5.91 Å². The maximum absolute atomic E-state index is 13.0. The van der Waals surface area contributed by atoms with Crippen LogP contribution in [-0.4, -0.2) is 17.1 Å². The predicted molar refractivity (Wildman–Crippen MR) is 79.8 cm³/mol. The molecule has 1 aromatic heterocycles. The number of carbonyl (C=O) groups excluding carboxylic acids is 1. The fourth-order valence-electron chi connectivity index (χ4n) is 2.06. The van der Waals surface area contributed by atoms with Gasteiger partial charge in [0.05, 0.1) is 6.21 Å². The number of fused-ring (bicyclic) bond motifs is 1. The first-order valence-electron chi connectivity index (χ1n) is 6.39. The van der Waals surface area contributed by atoms with Gasteiger partial charge < -0.3 is 4.98 Å². The topological polar surface area (TPSA) is 57.2 Å². The predicted octanol–water partition coefficient (Wildman–Crippen LogP) is 3.07. The van der Waals surface area contributed by atoms with Crippen molar-refractivity contribution in [2.24, 2.45) is 5.10 Å². The highest BCUT2D eigenvalue weighted by Gasteiger charge is 2.05. The first-order chi connectivity index (χ1) is 10.2. The van der Waals surface area contributed by atoms with Crippen molar-refractivity contribution in [1.82, 2.24) is 10.4 Å². The second-order valence-corrected chi connectivity index (χ2v) is 4.50. The van der Waals surface area contributed by atoms with Gasteiger partial charge >= 0.3 is 0 Å². The molecule has 0 aliphatic carbocycles. The minimum atomic E-state index is -0.455. The lowest BCUT2D eigenvalue weighted by Gasteiger charge is -1.99. The van der Waals surface area contributed by atoms with Crippen LogP contribution in [0.25, 0.3) is 10.9 Å². The summed E-state index contributed by atoms with van der Waals surface area (Å²) in [5.74, 6) is -0.908. The summed E-state index contributed by atoms with van der Waals surface area (Å²) in [4.78, 5) is 14.9. The quantitative estimate of drug-likeness (QED) is 0.562. The summed E-state index contributed by atoms with van der Waals surface area (Å²) in [5.41, 5.74) is 4.47. The molecule has 2 aromatic carbocycles. The molecule has 3 rings (SSSR count). The Morgan fingerprint density at radius 3 is 2.90 bits per heavy atom. The number of aromatic amines is 1. The van der Waals surface area contributed by atoms with Crippen molar-refractivity contribution in [3.8, 4) is 0 Å². The van der Waals surface area contributed by atoms with Gasteiger partial charge in [-0.3, -0.25) is 4.79 Å². The lowest BCUT2D eigenvalue weighted by Crippen LogP contribution is -2.17. The van der Waals surface area contributed by atoms with Crippen LogP contribution in [0.4, 0.5) is 4.39 Å². The maximum Gasteiger partial charge on any atom is 0.271 e. The highest BCUT2D eigenvalue weighted by atomic mass is 19.1. The van der Waals surface area contributed by atoms with Gasteiger partial charge in [-0.15, -0.1) is 0 Å². The van der Waals surface area contributed by atoms with E-state index in [9.17, 15) is 9.18 Å². The summed E-state index contributed by atoms with van der Waals surface area (Å²) >= 11 is 0. The third kappa shape index (κ3) is 2.81. The Balaban J connectivity index is 1.74. The maximum atomic E-state index is 13.0. The van der Waals surface area contributed by atoms with E-state index in [0.29, 0.717) is 0 Å². The van der Waals surface area contributed by atoms with Gasteiger partial charge in [0.2, 0.25) is 0 Å². The van der Waals surface area contributed by atoms with E-state index in [0.717, 1.165) is 22.5 Å². The Labute approximate surface area is 120 Å². The van der Waals surface area contributed by atoms with Crippen LogP contribution in [0.2, 0.25) is 0 Å². The summed E-state index contributed by atoms with van der Waals surface area (Å²) in [7, 11) is 0. The molecule has 104 valence electrons. The number of halogens is 1. The van der Waals surface area contributed by atoms with Crippen molar-refractivity contribution in [1.29, 1.82) is 0 Å². The molecule has 1 amide bonds. The number of para-hydroxylation sites is 1. The van der Waals surface area contributed by atoms with Crippen LogP contribution in [0.1, 0.15) is 15.9 Å². The average Bonchev–Trinajstić information content (AvgIpc) is 2.91. The summed E-state index contributed by atoms with van der Waals surface area (Å²) in [6, 6.07) is 13.2. The normalized spacial score (nSPS) is 11.1. The number of benzene rings is 2. The molecule has 1 heterocycles. The van der Waals surface area contributed by atoms with Crippen molar-refractivity contribution in [3.63, 3.8) is 0 Å². The largest absolute Gasteiger partial charge is 0.361 e. The minimum absolute atomic E-state index is 0.228. The molecule has 5 heteroatoms. The van der Waals surface area contributed by atoms with Gasteiger partial charge in [-0.2, -0.15) is 5.10 Å². The average molecular weight is 281 g/mol. The number of hydrazone groups is 1. The zero-order valence-corrected chi connectivity index (χ0v) is 11.0. The van der Waals surface area contributed by atoms with E-state index < -0.39 is 11.7 Å². The molecule has 3 aromatic rings. The zero-order chi connectivity index (χ0) is 14.7. The number of nitrogens with zero attached hydrogens (tertiary/aromatic N) is 1. The van der Waals surface area contributed by atoms with Crippen LogP contribution >= 0.6 is 0 Å². The highest BCUT2D eigenvalue weighted by Crippen LogP contribution is 2.15. The second-order valence-electron chi connectivity index (χ2n) is 4.50. The molecule has 0 aliphatic rings. The number of H-pyrrole nitrogens is 1. The summed E-state index contributed by atoms with van der Waals surface area (Å²) in [5, 5.41) is 4.92. The van der Waals surface area contributed by atoms with E-state index in [1.54, 1.807) is 6.21 Å². The molecule has 21 heavy (non-hydrogen) atoms. The van der Waals surface area contributed by atoms with Gasteiger partial charge in [-0.05, 0) is 24.3 Å². The van der Waals surface area contributed by atoms with Crippen molar-refractivity contribution >= 4 is 23.0 Å². The molecule has 0 radical (unpaired) electrons. The van der Waals surface area contributed by atoms with E-state index in [-0.39, 0.29) is 5.56 Å². The Kier molecular flexibility index (Phi) is 3.47. The van der Waals surface area contributed by atoms with E-state index in [2.05, 4.69) is 15.5 Å². The summed E-state index contributed by atoms with van der Waals surface area (Å²) in [6.45, 7) is 0. The van der Waals surface area contributed by atoms with Gasteiger partial charge in [-0.1, -0.05) is 24.3 Å². The Morgan fingerprint density at radius 1 is 1.19 bits per heavy atom. The van der Waals surface area contributed by atoms with Crippen molar-refractivity contribution < 1.29 is 9.18 Å². The van der Waals surface area contributed by atoms with E-state index in [1.807, 2.05) is 30.5 Å². The van der Waals surface area contributed by atoms with Gasteiger partial charge in [0.15, 0.2) is 0 Å². The van der Waals surface area contributed by atoms with Crippen molar-refractivity contribution in [2.45, 2.75) is 0 Å². The number of hydrogen-bond acceptors (Lipinski definition) is 2. The number of amides is 1. The molecule has 0 bridgehead atoms. The lowest BCUT2D eigenvalue weighted by atomic mass is 10.2. The fourth-order valence-corrected chi connectivity index (χ4v) is 2.06. The molecule has 0 saturated heterocycles. The number of hydrogen-bond donors (Lipinski definition) is 2. The van der Waals surface area contributed by atoms with Crippen LogP contribution in [0.15, 0.2) is 59.8 Å². The minimum Gasteiger partial charge on any atom is -0.361 e. The number of aromatic nitrogens is 1. The van der Waals surface area contributed by atoms with Gasteiger partial charge in [0, 0.05) is 28.2 Å². The first-order valence-corrected chi connectivity index (χ1v) is 6.39. The zero-order valence-electron chi connectivity index (χ0n) is 11.0. The van der Waals surface area contributed by atoms with Crippen LogP contribution in [0.5, 0.6) is 0 Å². The first kappa shape index (κ1) is 13.1. The summed E-state index contributed by atoms with van der Waals surface area (Å²) < 4.78 is 13.0. The molecular formula is C16H12FN3O. The van der Waals surface area contributed by atoms with Crippen LogP contribution in [-0.2, 0) is 0 Å². The van der Waals surface area contributed by atoms with Gasteiger partial charge in [0.1, 0.15) is 5.82 Å². The number of rotatable bonds is 3. The number of carbonyl (C=O) groups is 1. The molecule has 0 spiro atoms. The summed E-state index contributed by atoms with van der Waals surface area (Å²) in [6.07, 6.45) is 3.36. The smallest absolute Gasteiger partial charge is 0.271 e. The molecule has 0 aliphatic heterocycles. The molecule has 0 saturated carbocycles. The Hall–Kier alpha value is -2.95. The van der Waals surface area contributed by atoms with Crippen LogP contribution in [0, 0.1) is 5.82 Å². The molecule has 4 nitrogen and oxygen atoms in total. The van der Waals surface area contributed by atoms with Gasteiger partial charge in [-0.25, -0.2) is 9.82 Å². The highest BCUT2D eigenvalue weighted by molar-refractivity contribution is 6.00. The van der Waals surface area contributed by atoms with E-state index in [1.165, 1.54) is 18.2 Å². The monoisotopic (exact) mass is 281 g/mol. The van der Waals surface area contributed by atoms with Crippen molar-refractivity contribution in [3.05, 3.63) is 71.7 Å². The Bertz CT molecular complexity index is 823. The lowest BCUT2D eigenvalue weighted by molar-refractivity contribution is 0.0954. The third-order valence-corrected chi connectivity index (χ3v) is 3.08. The third-order valence-electron chi connectivity index (χ3n) is 3.08. The standard InChI is InChI=1S/C16H12FN3O/c17-13-5-3-4-11(8-13)16(21)20-19-10-12-9-18-15-7-2-1-6-14(12)15/h1-10,18H,(H,20,21). The van der Waals surface area contributed by atoms with Crippen LogP contribution in [0.3, 0.4) is 0 Å². The molecule has 2 N–H and O–H groups in total. The molecule has 0 unspecified atom stereocenters. The SMILES string of the molecule is O=C(NN=Cc1c[nH]c2ccccc12)c1cccc(F)c1. The Morgan fingerprint density at radius 2 is 2.05 bits per heavy atom. The van der Waals surface area contributed by atoms with Crippen LogP contribution < -0.4 is 5.43 Å². The molecule has 0 atom stereocenters. The van der Waals surface area contributed by atoms with E-state index >= 15 is 0 Å². The number of nitrogens with one attached hydrogen (secondary N) is 2. The van der Waals surface area contributed by atoms with E-state index in [4.69, 9.17) is 0 Å². The fraction of sp³-hybridized carbons (Fsp3) is 0. The second kappa shape index (κ2) is 5.58. The van der Waals surface area contributed by atoms with Crippen molar-refractivity contribution in [2.75, 3.05) is 0 Å². The molecular weight excluding hydrogens is 269 g/mol.